The molecule has 8 amide bonds. The Labute approximate surface area is 881 Å². The minimum Gasteiger partial charge on any atom is -0.480 e. The minimum absolute atomic E-state index is 0.0168. The van der Waals surface area contributed by atoms with E-state index in [-0.39, 0.29) is 79.4 Å². The van der Waals surface area contributed by atoms with Gasteiger partial charge in [-0.3, -0.25) is 4.79 Å². The average molecular weight is 2230 g/mol. The molecule has 0 aromatic rings. The maximum absolute atomic E-state index is 12.6. The van der Waals surface area contributed by atoms with Crippen molar-refractivity contribution in [1.29, 1.82) is 0 Å². The van der Waals surface area contributed by atoms with E-state index in [9.17, 15) is 82.8 Å². The molecule has 0 radical (unpaired) electrons. The molecule has 0 aliphatic carbocycles. The van der Waals surface area contributed by atoms with Crippen LogP contribution >= 0.6 is 108 Å². The van der Waals surface area contributed by atoms with Gasteiger partial charge >= 0.3 is 72.5 Å². The predicted octanol–water partition coefficient (Wildman–Crippen LogP) is 16.2. The van der Waals surface area contributed by atoms with Gasteiger partial charge in [-0.05, 0) is 184 Å². The zero-order chi connectivity index (χ0) is 106. The fourth-order valence-corrected chi connectivity index (χ4v) is 18.5. The Hall–Kier alpha value is -5.11. The number of amides is 8. The van der Waals surface area contributed by atoms with Gasteiger partial charge in [-0.25, -0.2) is 57.5 Å². The van der Waals surface area contributed by atoms with E-state index in [1.165, 1.54) is 108 Å². The van der Waals surface area contributed by atoms with E-state index in [1.807, 2.05) is 12.5 Å². The van der Waals surface area contributed by atoms with Crippen LogP contribution in [0.3, 0.4) is 0 Å². The average Bonchev–Trinajstić information content (AvgIpc) is 0.944. The van der Waals surface area contributed by atoms with E-state index in [0.717, 1.165) is 142 Å². The van der Waals surface area contributed by atoms with Gasteiger partial charge in [0.25, 0.3) is 0 Å². The van der Waals surface area contributed by atoms with Gasteiger partial charge in [-0.2, -0.15) is 0 Å². The first-order valence-electron chi connectivity index (χ1n) is 49.0. The van der Waals surface area contributed by atoms with Gasteiger partial charge in [-0.15, -0.1) is 0 Å². The quantitative estimate of drug-likeness (QED) is 0.0153. The molecule has 8 unspecified atom stereocenters. The molecule has 0 spiro atoms. The Kier molecular flexibility index (Phi) is 106. The van der Waals surface area contributed by atoms with Crippen LogP contribution in [0.4, 0.5) is 33.6 Å². The number of aliphatic carboxylic acids is 5. The number of hydrogen-bond donors (Lipinski definition) is 13. The van der Waals surface area contributed by atoms with Gasteiger partial charge in [0.15, 0.2) is 0 Å². The predicted molar refractivity (Wildman–Crippen MR) is 569 cm³/mol. The molecule has 0 aromatic carbocycles. The number of carboxylic acids is 5. The molecule has 0 aromatic heterocycles. The Balaban J connectivity index is -0.00000220. The highest BCUT2D eigenvalue weighted by molar-refractivity contribution is 8.77. The molecular formula is C91H170N8O33S10. The van der Waals surface area contributed by atoms with Crippen molar-refractivity contribution in [2.45, 2.75) is 251 Å². The van der Waals surface area contributed by atoms with E-state index in [2.05, 4.69) is 70.2 Å². The van der Waals surface area contributed by atoms with E-state index in [4.69, 9.17) is 76.2 Å². The van der Waals surface area contributed by atoms with E-state index < -0.39 is 103 Å². The van der Waals surface area contributed by atoms with E-state index >= 15 is 0 Å². The lowest BCUT2D eigenvalue weighted by atomic mass is 9.95. The first-order chi connectivity index (χ1) is 68.7. The fraction of sp³-hybridized carbons (Fsp3) is 0.857. The summed E-state index contributed by atoms with van der Waals surface area (Å²) in [4.78, 5) is 154. The number of carbonyl (C=O) groups is 13. The summed E-state index contributed by atoms with van der Waals surface area (Å²) in [7, 11) is 13.6. The number of rotatable bonds is 97. The maximum atomic E-state index is 12.6. The Bertz CT molecular complexity index is 3030. The lowest BCUT2D eigenvalue weighted by Crippen LogP contribution is -2.42. The summed E-state index contributed by atoms with van der Waals surface area (Å²) in [5, 5.41) is 66.8. The van der Waals surface area contributed by atoms with Crippen LogP contribution in [-0.2, 0) is 99.8 Å². The van der Waals surface area contributed by atoms with Crippen LogP contribution in [0.15, 0.2) is 0 Å². The van der Waals surface area contributed by atoms with Crippen molar-refractivity contribution in [2.75, 3.05) is 232 Å². The van der Waals surface area contributed by atoms with Crippen LogP contribution in [0.25, 0.3) is 0 Å². The normalized spacial score (nSPS) is 12.7. The zero-order valence-corrected chi connectivity index (χ0v) is 93.2. The summed E-state index contributed by atoms with van der Waals surface area (Å²) in [5.41, 5.74) is 0. The molecule has 0 aliphatic rings. The molecule has 8 atom stereocenters. The maximum Gasteiger partial charge on any atom is 0.407 e. The number of unbranched alkanes of at least 4 members (excludes halogenated alkanes) is 12. The van der Waals surface area contributed by atoms with Crippen LogP contribution in [0, 0.1) is 17.8 Å². The van der Waals surface area contributed by atoms with Crippen molar-refractivity contribution < 1.29 is 159 Å². The van der Waals surface area contributed by atoms with Gasteiger partial charge in [0.2, 0.25) is 5.91 Å². The second kappa shape index (κ2) is 107. The van der Waals surface area contributed by atoms with Crippen molar-refractivity contribution >= 4 is 186 Å². The first kappa shape index (κ1) is 141. The second-order valence-corrected chi connectivity index (χ2v) is 44.7. The van der Waals surface area contributed by atoms with Gasteiger partial charge < -0.3 is 139 Å². The molecule has 142 heavy (non-hydrogen) atoms. The van der Waals surface area contributed by atoms with Crippen LogP contribution in [0.1, 0.15) is 220 Å². The molecule has 51 heteroatoms. The number of carboxylic acid groups (broad SMARTS) is 5. The summed E-state index contributed by atoms with van der Waals surface area (Å²) in [6.45, 7) is 20.1. The van der Waals surface area contributed by atoms with Crippen molar-refractivity contribution in [2.24, 2.45) is 17.8 Å². The standard InChI is InChI=1S/C39H68N4O16S8.C30H60N2O9.C22H42N2O8S2/c1-60-64-22-28(33(45)46)40-32(44)16-6-5-12-26(13-7-9-17-57-37(53)41-29(34(47)48)23-65-61-2)20-56-21-27(15-11-19-59-39(55)43-31(36(51)52)25-67-63-4)14-8-10-18-58-38(54)42-30(35(49)50)24-66-62-3;1-4-7-17-35-23-25-37-21-14-31-29(33)40-19-10-9-12-28(27-39-16-6-3)13-11-20-41-30(34)32-15-22-38-26-24-36-18-8-5-2;1-3-4-12-29-16-17-30-15-11-23-21(27)31-13-9-7-5-6-8-10-14-32-22(28)24-19(20(25)26)18-34-33-2/h26-31H,5-25H2,1-4H3,(H,40,44)(H,41,53)(H,42,54)(H,43,55)(H,45,46)(H,47,48)(H,49,50)(H,51,52);28H,4-27H2,1-3H3,(H,31,33)(H,32,34);19H,3-18H2,1-2H3,(H,23,27)(H,24,28)(H,25,26). The summed E-state index contributed by atoms with van der Waals surface area (Å²) in [6, 6.07) is -5.25. The zero-order valence-electron chi connectivity index (χ0n) is 85.0. The number of hydrogen-bond acceptors (Lipinski definition) is 38. The first-order valence-corrected chi connectivity index (χ1v) is 62.6. The summed E-state index contributed by atoms with van der Waals surface area (Å²) in [5.74, 6) is -4.63. The van der Waals surface area contributed by atoms with E-state index in [1.54, 1.807) is 18.8 Å². The third-order valence-corrected chi connectivity index (χ3v) is 28.8. The SMILES string of the molecule is CCCCOCCOCCNC(=O)OCCCCC(CCCOC(=O)NCCOCCOCCCC)COCCC.CCCCOCCOCCNC(=O)OCCCCCCCCOC(=O)NC(CSSC)C(=O)O.CSSCC(NC(=O)CCCCC(CCCCOC(=O)NC(CSSC)C(=O)O)COCC(CCCCOC(=O)NC(CSSC)C(=O)O)CCCOC(=O)NC(CSSC)C(=O)O)C(=O)O. The third kappa shape index (κ3) is 98.2. The summed E-state index contributed by atoms with van der Waals surface area (Å²) in [6.07, 6.45) is 28.4. The van der Waals surface area contributed by atoms with Crippen LogP contribution < -0.4 is 42.5 Å². The highest BCUT2D eigenvalue weighted by Gasteiger charge is 2.27. The molecule has 0 rings (SSSR count). The lowest BCUT2D eigenvalue weighted by molar-refractivity contribution is -0.141. The number of carbonyl (C=O) groups excluding carboxylic acids is 8. The van der Waals surface area contributed by atoms with Crippen LogP contribution in [0.5, 0.6) is 0 Å². The Morgan fingerprint density at radius 3 is 0.725 bits per heavy atom. The second-order valence-electron chi connectivity index (χ2n) is 31.7. The number of alkyl carbamates (subject to hydrolysis) is 7. The van der Waals surface area contributed by atoms with Crippen molar-refractivity contribution in [3.8, 4) is 0 Å². The summed E-state index contributed by atoms with van der Waals surface area (Å²) >= 11 is 0. The molecule has 832 valence electrons. The van der Waals surface area contributed by atoms with Gasteiger partial charge in [0.05, 0.1) is 106 Å². The molecule has 0 saturated carbocycles. The Morgan fingerprint density at radius 1 is 0.225 bits per heavy atom. The van der Waals surface area contributed by atoms with Crippen molar-refractivity contribution in [3.05, 3.63) is 0 Å². The smallest absolute Gasteiger partial charge is 0.407 e. The highest BCUT2D eigenvalue weighted by atomic mass is 33.1. The van der Waals surface area contributed by atoms with Gasteiger partial charge in [0.1, 0.15) is 30.2 Å². The monoisotopic (exact) mass is 2220 g/mol. The molecular weight excluding hydrogens is 2050 g/mol. The molecule has 0 saturated heterocycles. The van der Waals surface area contributed by atoms with Crippen LogP contribution in [-0.4, -0.2) is 366 Å². The molecule has 0 heterocycles. The number of ether oxygens (including phenoxy) is 15. The minimum atomic E-state index is -1.18. The highest BCUT2D eigenvalue weighted by Crippen LogP contribution is 2.25. The molecule has 0 fully saturated rings. The largest absolute Gasteiger partial charge is 0.480 e. The van der Waals surface area contributed by atoms with Crippen molar-refractivity contribution in [1.82, 2.24) is 42.5 Å². The van der Waals surface area contributed by atoms with Gasteiger partial charge in [0, 0.05) is 101 Å². The van der Waals surface area contributed by atoms with Gasteiger partial charge in [-0.1, -0.05) is 187 Å². The molecule has 0 aliphatic heterocycles. The van der Waals surface area contributed by atoms with Crippen LogP contribution in [0.2, 0.25) is 0 Å². The van der Waals surface area contributed by atoms with Crippen molar-refractivity contribution in [3.63, 3.8) is 0 Å². The number of nitrogens with one attached hydrogen (secondary N) is 8. The third-order valence-electron chi connectivity index (χ3n) is 19.7. The van der Waals surface area contributed by atoms with E-state index in [0.29, 0.717) is 195 Å². The summed E-state index contributed by atoms with van der Waals surface area (Å²) < 4.78 is 80.9. The molecule has 13 N–H and O–H groups in total. The molecule has 41 nitrogen and oxygen atoms in total. The Morgan fingerprint density at radius 2 is 0.458 bits per heavy atom. The fourth-order valence-electron chi connectivity index (χ4n) is 12.0. The lowest BCUT2D eigenvalue weighted by Gasteiger charge is -2.21. The molecule has 0 bridgehead atoms. The topological polar surface area (TPSA) is 558 Å².